The highest BCUT2D eigenvalue weighted by atomic mass is 16.2. The van der Waals surface area contributed by atoms with Gasteiger partial charge in [-0.15, -0.1) is 10.2 Å². The second-order valence-corrected chi connectivity index (χ2v) is 7.46. The Hall–Kier alpha value is -2.18. The molecule has 0 saturated carbocycles. The SMILES string of the molecule is CCc1nnc2n1C[C@H](NC(=O)c1cc(C)n(C(C)(C)C)n1)CC2. The smallest absolute Gasteiger partial charge is 0.272 e. The Morgan fingerprint density at radius 3 is 2.75 bits per heavy atom. The lowest BCUT2D eigenvalue weighted by Crippen LogP contribution is -2.41. The van der Waals surface area contributed by atoms with Crippen LogP contribution in [-0.4, -0.2) is 36.5 Å². The molecule has 3 heterocycles. The quantitative estimate of drug-likeness (QED) is 0.931. The molecule has 2 aromatic heterocycles. The molecular weight excluding hydrogens is 304 g/mol. The molecular formula is C17H26N6O. The van der Waals surface area contributed by atoms with Crippen LogP contribution in [0.25, 0.3) is 0 Å². The first-order valence-electron chi connectivity index (χ1n) is 8.58. The number of nitrogens with one attached hydrogen (secondary N) is 1. The van der Waals surface area contributed by atoms with Gasteiger partial charge >= 0.3 is 0 Å². The normalized spacial score (nSPS) is 17.6. The fraction of sp³-hybridized carbons (Fsp3) is 0.647. The summed E-state index contributed by atoms with van der Waals surface area (Å²) < 4.78 is 4.03. The molecule has 0 spiro atoms. The molecule has 0 unspecified atom stereocenters. The van der Waals surface area contributed by atoms with Gasteiger partial charge in [0.15, 0.2) is 0 Å². The van der Waals surface area contributed by atoms with Crippen LogP contribution in [0.2, 0.25) is 0 Å². The van der Waals surface area contributed by atoms with Crippen molar-refractivity contribution in [2.45, 2.75) is 72.0 Å². The first-order chi connectivity index (χ1) is 11.3. The number of carbonyl (C=O) groups is 1. The number of amides is 1. The molecule has 0 fully saturated rings. The molecule has 1 atom stereocenters. The van der Waals surface area contributed by atoms with Gasteiger partial charge in [0.2, 0.25) is 0 Å². The average Bonchev–Trinajstić information content (AvgIpc) is 3.09. The van der Waals surface area contributed by atoms with Crippen molar-refractivity contribution in [1.82, 2.24) is 29.9 Å². The molecule has 3 rings (SSSR count). The summed E-state index contributed by atoms with van der Waals surface area (Å²) in [6.45, 7) is 11.0. The van der Waals surface area contributed by atoms with Gasteiger partial charge in [-0.25, -0.2) is 0 Å². The van der Waals surface area contributed by atoms with Crippen molar-refractivity contribution in [2.24, 2.45) is 0 Å². The molecule has 0 aromatic carbocycles. The molecule has 24 heavy (non-hydrogen) atoms. The van der Waals surface area contributed by atoms with Crippen molar-refractivity contribution in [1.29, 1.82) is 0 Å². The lowest BCUT2D eigenvalue weighted by Gasteiger charge is -2.25. The molecule has 1 aliphatic heterocycles. The average molecular weight is 330 g/mol. The Kier molecular flexibility index (Phi) is 4.19. The van der Waals surface area contributed by atoms with Crippen molar-refractivity contribution in [3.8, 4) is 0 Å². The van der Waals surface area contributed by atoms with Crippen LogP contribution in [0.3, 0.4) is 0 Å². The van der Waals surface area contributed by atoms with Crippen molar-refractivity contribution in [3.05, 3.63) is 29.1 Å². The predicted octanol–water partition coefficient (Wildman–Crippen LogP) is 1.85. The monoisotopic (exact) mass is 330 g/mol. The number of fused-ring (bicyclic) bond motifs is 1. The second kappa shape index (κ2) is 6.03. The second-order valence-electron chi connectivity index (χ2n) is 7.46. The summed E-state index contributed by atoms with van der Waals surface area (Å²) in [5.41, 5.74) is 1.33. The zero-order valence-corrected chi connectivity index (χ0v) is 15.1. The maximum atomic E-state index is 12.6. The summed E-state index contributed by atoms with van der Waals surface area (Å²) in [6.07, 6.45) is 2.57. The van der Waals surface area contributed by atoms with Crippen LogP contribution >= 0.6 is 0 Å². The van der Waals surface area contributed by atoms with E-state index >= 15 is 0 Å². The van der Waals surface area contributed by atoms with E-state index in [-0.39, 0.29) is 17.5 Å². The third-order valence-corrected chi connectivity index (χ3v) is 4.43. The van der Waals surface area contributed by atoms with E-state index in [1.807, 2.05) is 17.7 Å². The Morgan fingerprint density at radius 2 is 2.12 bits per heavy atom. The van der Waals surface area contributed by atoms with E-state index in [4.69, 9.17) is 0 Å². The van der Waals surface area contributed by atoms with Crippen LogP contribution in [0.1, 0.15) is 61.9 Å². The van der Waals surface area contributed by atoms with Crippen LogP contribution in [0.5, 0.6) is 0 Å². The summed E-state index contributed by atoms with van der Waals surface area (Å²) in [6, 6.07) is 1.94. The molecule has 7 heteroatoms. The highest BCUT2D eigenvalue weighted by molar-refractivity contribution is 5.92. The van der Waals surface area contributed by atoms with Gasteiger partial charge < -0.3 is 9.88 Å². The van der Waals surface area contributed by atoms with E-state index in [1.54, 1.807) is 0 Å². The third kappa shape index (κ3) is 3.07. The highest BCUT2D eigenvalue weighted by Crippen LogP contribution is 2.18. The first-order valence-corrected chi connectivity index (χ1v) is 8.58. The number of nitrogens with zero attached hydrogens (tertiary/aromatic N) is 5. The Labute approximate surface area is 142 Å². The number of hydrogen-bond donors (Lipinski definition) is 1. The van der Waals surface area contributed by atoms with Gasteiger partial charge in [-0.3, -0.25) is 9.48 Å². The molecule has 1 amide bonds. The largest absolute Gasteiger partial charge is 0.346 e. The third-order valence-electron chi connectivity index (χ3n) is 4.43. The van der Waals surface area contributed by atoms with Crippen LogP contribution in [0.4, 0.5) is 0 Å². The number of hydrogen-bond acceptors (Lipinski definition) is 4. The Bertz CT molecular complexity index is 738. The zero-order chi connectivity index (χ0) is 17.5. The minimum absolute atomic E-state index is 0.0893. The summed E-state index contributed by atoms with van der Waals surface area (Å²) in [5.74, 6) is 1.89. The van der Waals surface area contributed by atoms with Gasteiger partial charge in [-0.1, -0.05) is 6.92 Å². The molecule has 1 aliphatic rings. The number of carbonyl (C=O) groups excluding carboxylic acids is 1. The van der Waals surface area contributed by atoms with E-state index in [9.17, 15) is 4.79 Å². The number of aryl methyl sites for hydroxylation is 3. The summed E-state index contributed by atoms with van der Waals surface area (Å²) in [7, 11) is 0. The van der Waals surface area contributed by atoms with Crippen LogP contribution in [-0.2, 0) is 24.9 Å². The van der Waals surface area contributed by atoms with Crippen LogP contribution < -0.4 is 5.32 Å². The summed E-state index contributed by atoms with van der Waals surface area (Å²) in [4.78, 5) is 12.6. The molecule has 2 aromatic rings. The summed E-state index contributed by atoms with van der Waals surface area (Å²) in [5, 5.41) is 16.0. The van der Waals surface area contributed by atoms with E-state index in [0.717, 1.165) is 43.1 Å². The highest BCUT2D eigenvalue weighted by Gasteiger charge is 2.26. The van der Waals surface area contributed by atoms with Crippen molar-refractivity contribution >= 4 is 5.91 Å². The molecule has 130 valence electrons. The van der Waals surface area contributed by atoms with E-state index in [2.05, 4.69) is 52.9 Å². The molecule has 7 nitrogen and oxygen atoms in total. The fourth-order valence-corrected chi connectivity index (χ4v) is 3.29. The van der Waals surface area contributed by atoms with Gasteiger partial charge in [-0.2, -0.15) is 5.10 Å². The van der Waals surface area contributed by atoms with Crippen LogP contribution in [0.15, 0.2) is 6.07 Å². The standard InChI is InChI=1S/C17H26N6O/c1-6-14-19-20-15-8-7-12(10-22(14)15)18-16(24)13-9-11(2)23(21-13)17(3,4)5/h9,12H,6-8,10H2,1-5H3,(H,18,24)/t12-/m1/s1. The maximum Gasteiger partial charge on any atom is 0.272 e. The lowest BCUT2D eigenvalue weighted by atomic mass is 10.1. The van der Waals surface area contributed by atoms with Gasteiger partial charge in [0, 0.05) is 31.1 Å². The van der Waals surface area contributed by atoms with Crippen LogP contribution in [0, 0.1) is 6.92 Å². The number of rotatable bonds is 3. The fourth-order valence-electron chi connectivity index (χ4n) is 3.29. The van der Waals surface area contributed by atoms with Crippen molar-refractivity contribution < 1.29 is 4.79 Å². The molecule has 1 N–H and O–H groups in total. The van der Waals surface area contributed by atoms with E-state index < -0.39 is 0 Å². The van der Waals surface area contributed by atoms with Gasteiger partial charge in [-0.05, 0) is 40.2 Å². The van der Waals surface area contributed by atoms with Gasteiger partial charge in [0.1, 0.15) is 17.3 Å². The summed E-state index contributed by atoms with van der Waals surface area (Å²) >= 11 is 0. The van der Waals surface area contributed by atoms with Gasteiger partial charge in [0.25, 0.3) is 5.91 Å². The van der Waals surface area contributed by atoms with Crippen molar-refractivity contribution in [2.75, 3.05) is 0 Å². The lowest BCUT2D eigenvalue weighted by molar-refractivity contribution is 0.0920. The predicted molar refractivity (Wildman–Crippen MR) is 90.9 cm³/mol. The Morgan fingerprint density at radius 1 is 1.38 bits per heavy atom. The molecule has 0 bridgehead atoms. The Balaban J connectivity index is 1.72. The maximum absolute atomic E-state index is 12.6. The van der Waals surface area contributed by atoms with E-state index in [0.29, 0.717) is 5.69 Å². The zero-order valence-electron chi connectivity index (χ0n) is 15.1. The minimum Gasteiger partial charge on any atom is -0.346 e. The first kappa shape index (κ1) is 16.7. The van der Waals surface area contributed by atoms with Gasteiger partial charge in [0.05, 0.1) is 5.54 Å². The topological polar surface area (TPSA) is 77.6 Å². The minimum atomic E-state index is -0.138. The number of aromatic nitrogens is 5. The van der Waals surface area contributed by atoms with Crippen molar-refractivity contribution in [3.63, 3.8) is 0 Å². The molecule has 0 radical (unpaired) electrons. The molecule has 0 aliphatic carbocycles. The van der Waals surface area contributed by atoms with E-state index in [1.165, 1.54) is 0 Å². The molecule has 0 saturated heterocycles.